The number of allylic oxidation sites excluding steroid dienone is 2. The standard InChI is InChI=1S/C17H19N3O/c21-16-8-7-13(9-16)18-14-6-5-12-11-20(19-17(12)10-14)15-3-1-2-4-15/h5-6,9-11,15,18H,1-4,7-8H2. The largest absolute Gasteiger partial charge is 0.359 e. The van der Waals surface area contributed by atoms with Gasteiger partial charge in [-0.15, -0.1) is 0 Å². The van der Waals surface area contributed by atoms with Crippen LogP contribution in [-0.4, -0.2) is 15.6 Å². The maximum atomic E-state index is 11.3. The summed E-state index contributed by atoms with van der Waals surface area (Å²) < 4.78 is 2.14. The number of carbonyl (C=O) groups excluding carboxylic acids is 1. The van der Waals surface area contributed by atoms with Crippen LogP contribution in [0.4, 0.5) is 5.69 Å². The highest BCUT2D eigenvalue weighted by atomic mass is 16.1. The van der Waals surface area contributed by atoms with Crippen LogP contribution in [0, 0.1) is 0 Å². The molecule has 1 fully saturated rings. The molecule has 108 valence electrons. The van der Waals surface area contributed by atoms with E-state index < -0.39 is 0 Å². The van der Waals surface area contributed by atoms with Gasteiger partial charge >= 0.3 is 0 Å². The SMILES string of the molecule is O=C1C=C(Nc2ccc3cn(C4CCCC4)nc3c2)CC1. The summed E-state index contributed by atoms with van der Waals surface area (Å²) in [5.41, 5.74) is 3.05. The molecule has 4 rings (SSSR count). The van der Waals surface area contributed by atoms with Gasteiger partial charge in [-0.1, -0.05) is 12.8 Å². The fourth-order valence-electron chi connectivity index (χ4n) is 3.35. The molecule has 0 atom stereocenters. The van der Waals surface area contributed by atoms with Gasteiger partial charge in [0.15, 0.2) is 5.78 Å². The van der Waals surface area contributed by atoms with Gasteiger partial charge < -0.3 is 5.32 Å². The Morgan fingerprint density at radius 1 is 1.19 bits per heavy atom. The van der Waals surface area contributed by atoms with Crippen LogP contribution in [0.15, 0.2) is 36.2 Å². The maximum Gasteiger partial charge on any atom is 0.157 e. The third-order valence-electron chi connectivity index (χ3n) is 4.50. The van der Waals surface area contributed by atoms with E-state index in [-0.39, 0.29) is 5.78 Å². The summed E-state index contributed by atoms with van der Waals surface area (Å²) in [4.78, 5) is 11.3. The molecule has 0 amide bonds. The summed E-state index contributed by atoms with van der Waals surface area (Å²) in [5, 5.41) is 9.25. The highest BCUT2D eigenvalue weighted by Crippen LogP contribution is 2.30. The first-order valence-corrected chi connectivity index (χ1v) is 7.77. The Kier molecular flexibility index (Phi) is 3.02. The molecule has 1 aromatic carbocycles. The lowest BCUT2D eigenvalue weighted by Gasteiger charge is -2.08. The van der Waals surface area contributed by atoms with Crippen molar-refractivity contribution in [1.82, 2.24) is 9.78 Å². The molecule has 4 heteroatoms. The maximum absolute atomic E-state index is 11.3. The summed E-state index contributed by atoms with van der Waals surface area (Å²) in [5.74, 6) is 0.212. The number of fused-ring (bicyclic) bond motifs is 1. The summed E-state index contributed by atoms with van der Waals surface area (Å²) in [7, 11) is 0. The van der Waals surface area contributed by atoms with Crippen LogP contribution in [-0.2, 0) is 4.79 Å². The quantitative estimate of drug-likeness (QED) is 0.930. The lowest BCUT2D eigenvalue weighted by atomic mass is 10.2. The van der Waals surface area contributed by atoms with Gasteiger partial charge in [0, 0.05) is 35.5 Å². The van der Waals surface area contributed by atoms with E-state index in [1.165, 1.54) is 31.1 Å². The van der Waals surface area contributed by atoms with E-state index in [2.05, 4.69) is 34.4 Å². The van der Waals surface area contributed by atoms with Crippen LogP contribution in [0.1, 0.15) is 44.6 Å². The molecule has 0 aliphatic heterocycles. The van der Waals surface area contributed by atoms with Crippen LogP contribution in [0.2, 0.25) is 0 Å². The van der Waals surface area contributed by atoms with Crippen LogP contribution >= 0.6 is 0 Å². The molecule has 21 heavy (non-hydrogen) atoms. The molecule has 2 aliphatic carbocycles. The average Bonchev–Trinajstić information content (AvgIpc) is 3.18. The van der Waals surface area contributed by atoms with E-state index in [1.807, 2.05) is 0 Å². The molecule has 2 aliphatic rings. The predicted octanol–water partition coefficient (Wildman–Crippen LogP) is 3.81. The number of hydrogen-bond donors (Lipinski definition) is 1. The first-order chi connectivity index (χ1) is 10.3. The van der Waals surface area contributed by atoms with Crippen LogP contribution < -0.4 is 5.32 Å². The van der Waals surface area contributed by atoms with Gasteiger partial charge in [0.05, 0.1) is 11.6 Å². The van der Waals surface area contributed by atoms with Crippen molar-refractivity contribution in [2.24, 2.45) is 0 Å². The molecule has 2 aromatic rings. The second kappa shape index (κ2) is 5.02. The number of nitrogens with zero attached hydrogens (tertiary/aromatic N) is 2. The Morgan fingerprint density at radius 3 is 2.81 bits per heavy atom. The number of carbonyl (C=O) groups is 1. The molecule has 0 saturated heterocycles. The molecular weight excluding hydrogens is 262 g/mol. The van der Waals surface area contributed by atoms with E-state index in [0.717, 1.165) is 23.3 Å². The molecule has 0 unspecified atom stereocenters. The van der Waals surface area contributed by atoms with E-state index in [1.54, 1.807) is 6.08 Å². The van der Waals surface area contributed by atoms with Gasteiger partial charge in [-0.25, -0.2) is 0 Å². The molecule has 0 spiro atoms. The first-order valence-electron chi connectivity index (χ1n) is 7.77. The fourth-order valence-corrected chi connectivity index (χ4v) is 3.35. The molecule has 1 heterocycles. The van der Waals surface area contributed by atoms with Gasteiger partial charge in [0.1, 0.15) is 0 Å². The number of aromatic nitrogens is 2. The summed E-state index contributed by atoms with van der Waals surface area (Å²) in [6, 6.07) is 6.81. The molecular formula is C17H19N3O. The highest BCUT2D eigenvalue weighted by Gasteiger charge is 2.18. The summed E-state index contributed by atoms with van der Waals surface area (Å²) >= 11 is 0. The van der Waals surface area contributed by atoms with E-state index in [9.17, 15) is 4.79 Å². The Labute approximate surface area is 123 Å². The summed E-state index contributed by atoms with van der Waals surface area (Å²) in [6.45, 7) is 0. The van der Waals surface area contributed by atoms with Gasteiger partial charge in [0.25, 0.3) is 0 Å². The number of ketones is 1. The smallest absolute Gasteiger partial charge is 0.157 e. The monoisotopic (exact) mass is 281 g/mol. The Morgan fingerprint density at radius 2 is 2.05 bits per heavy atom. The Hall–Kier alpha value is -2.10. The zero-order valence-corrected chi connectivity index (χ0v) is 12.0. The number of anilines is 1. The van der Waals surface area contributed by atoms with Crippen molar-refractivity contribution in [2.45, 2.75) is 44.6 Å². The van der Waals surface area contributed by atoms with Crippen molar-refractivity contribution in [2.75, 3.05) is 5.32 Å². The van der Waals surface area contributed by atoms with E-state index >= 15 is 0 Å². The lowest BCUT2D eigenvalue weighted by Crippen LogP contribution is -2.04. The second-order valence-corrected chi connectivity index (χ2v) is 6.08. The highest BCUT2D eigenvalue weighted by molar-refractivity contribution is 5.93. The molecule has 4 nitrogen and oxygen atoms in total. The van der Waals surface area contributed by atoms with Gasteiger partial charge in [-0.05, 0) is 37.5 Å². The normalized spacial score (nSPS) is 19.4. The van der Waals surface area contributed by atoms with Crippen molar-refractivity contribution in [3.05, 3.63) is 36.2 Å². The van der Waals surface area contributed by atoms with Crippen LogP contribution in [0.25, 0.3) is 10.9 Å². The van der Waals surface area contributed by atoms with Crippen molar-refractivity contribution < 1.29 is 4.79 Å². The molecule has 0 radical (unpaired) electrons. The first kappa shape index (κ1) is 12.6. The fraction of sp³-hybridized carbons (Fsp3) is 0.412. The van der Waals surface area contributed by atoms with Gasteiger partial charge in [-0.3, -0.25) is 9.48 Å². The zero-order valence-electron chi connectivity index (χ0n) is 12.0. The van der Waals surface area contributed by atoms with Gasteiger partial charge in [0.2, 0.25) is 0 Å². The lowest BCUT2D eigenvalue weighted by molar-refractivity contribution is -0.114. The van der Waals surface area contributed by atoms with E-state index in [0.29, 0.717) is 12.5 Å². The minimum atomic E-state index is 0.212. The third kappa shape index (κ3) is 2.46. The van der Waals surface area contributed by atoms with E-state index in [4.69, 9.17) is 5.10 Å². The molecule has 0 bridgehead atoms. The number of rotatable bonds is 3. The van der Waals surface area contributed by atoms with Crippen LogP contribution in [0.5, 0.6) is 0 Å². The van der Waals surface area contributed by atoms with Gasteiger partial charge in [-0.2, -0.15) is 5.10 Å². The van der Waals surface area contributed by atoms with Crippen molar-refractivity contribution in [3.63, 3.8) is 0 Å². The second-order valence-electron chi connectivity index (χ2n) is 6.08. The molecule has 1 aromatic heterocycles. The average molecular weight is 281 g/mol. The number of hydrogen-bond acceptors (Lipinski definition) is 3. The van der Waals surface area contributed by atoms with Crippen LogP contribution in [0.3, 0.4) is 0 Å². The van der Waals surface area contributed by atoms with Crippen molar-refractivity contribution in [3.8, 4) is 0 Å². The number of nitrogens with one attached hydrogen (secondary N) is 1. The summed E-state index contributed by atoms with van der Waals surface area (Å²) in [6.07, 6.45) is 10.4. The van der Waals surface area contributed by atoms with Crippen molar-refractivity contribution in [1.29, 1.82) is 0 Å². The number of benzene rings is 1. The van der Waals surface area contributed by atoms with Crippen molar-refractivity contribution >= 4 is 22.4 Å². The molecule has 1 N–H and O–H groups in total. The Bertz CT molecular complexity index is 723. The minimum Gasteiger partial charge on any atom is -0.359 e. The third-order valence-corrected chi connectivity index (χ3v) is 4.50. The molecule has 1 saturated carbocycles. The zero-order chi connectivity index (χ0) is 14.2. The topological polar surface area (TPSA) is 46.9 Å². The Balaban J connectivity index is 1.60. The predicted molar refractivity (Wildman–Crippen MR) is 83.2 cm³/mol. The minimum absolute atomic E-state index is 0.212.